The lowest BCUT2D eigenvalue weighted by atomic mass is 9.89. The molecular weight excluding hydrogens is 599 g/mol. The Bertz CT molecular complexity index is 2770. The van der Waals surface area contributed by atoms with Crippen molar-refractivity contribution in [3.8, 4) is 33.9 Å². The Morgan fingerprint density at radius 2 is 1.18 bits per heavy atom. The Morgan fingerprint density at radius 1 is 0.510 bits per heavy atom. The molecular formula is C45H29N3O. The van der Waals surface area contributed by atoms with Gasteiger partial charge in [0.2, 0.25) is 0 Å². The maximum Gasteiger partial charge on any atom is 0.164 e. The minimum Gasteiger partial charge on any atom is -0.456 e. The Kier molecular flexibility index (Phi) is 6.28. The molecule has 1 unspecified atom stereocenters. The van der Waals surface area contributed by atoms with E-state index in [1.54, 1.807) is 0 Å². The molecule has 49 heavy (non-hydrogen) atoms. The molecule has 0 radical (unpaired) electrons. The van der Waals surface area contributed by atoms with Crippen LogP contribution in [0.4, 0.5) is 0 Å². The van der Waals surface area contributed by atoms with Crippen LogP contribution in [0.25, 0.3) is 83.5 Å². The van der Waals surface area contributed by atoms with Gasteiger partial charge in [-0.05, 0) is 80.6 Å². The van der Waals surface area contributed by atoms with Crippen LogP contribution in [-0.2, 0) is 6.42 Å². The number of benzene rings is 7. The molecule has 0 amide bonds. The predicted molar refractivity (Wildman–Crippen MR) is 200 cm³/mol. The monoisotopic (exact) mass is 627 g/mol. The van der Waals surface area contributed by atoms with Crippen LogP contribution in [0.3, 0.4) is 0 Å². The molecule has 4 heteroatoms. The second-order valence-electron chi connectivity index (χ2n) is 12.8. The fourth-order valence-electron chi connectivity index (χ4n) is 7.28. The summed E-state index contributed by atoms with van der Waals surface area (Å²) < 4.78 is 6.44. The third-order valence-corrected chi connectivity index (χ3v) is 9.81. The highest BCUT2D eigenvalue weighted by molar-refractivity contribution is 6.13. The SMILES string of the molecule is C1=CC(c2nc(-c3ccc4ccccc4c3)nc(-c3cccc4oc5ccc(-c6ccc7ccccc7c6)cc5c34)n2)Cc2ccccc21. The molecule has 4 nitrogen and oxygen atoms in total. The molecule has 2 aromatic heterocycles. The van der Waals surface area contributed by atoms with Gasteiger partial charge in [-0.2, -0.15) is 0 Å². The van der Waals surface area contributed by atoms with E-state index in [-0.39, 0.29) is 5.92 Å². The number of rotatable bonds is 4. The highest BCUT2D eigenvalue weighted by atomic mass is 16.3. The van der Waals surface area contributed by atoms with Gasteiger partial charge in [-0.15, -0.1) is 0 Å². The standard InChI is InChI=1S/C45H29N3O/c1-4-11-31-24-34(19-16-28(31)8-1)35-22-23-40-39(27-35)42-38(14-7-15-41(42)49-40)45-47-43(36-20-17-29-9-2-5-12-32(29)25-36)46-44(48-45)37-21-18-30-10-3-6-13-33(30)26-37/h1-25,27,37H,26H2. The summed E-state index contributed by atoms with van der Waals surface area (Å²) in [6.45, 7) is 0. The second kappa shape index (κ2) is 11.1. The molecule has 1 aliphatic carbocycles. The minimum absolute atomic E-state index is 0.0238. The van der Waals surface area contributed by atoms with E-state index < -0.39 is 0 Å². The fraction of sp³-hybridized carbons (Fsp3) is 0.0444. The fourth-order valence-corrected chi connectivity index (χ4v) is 7.28. The molecule has 7 aromatic carbocycles. The average Bonchev–Trinajstić information content (AvgIpc) is 3.55. The van der Waals surface area contributed by atoms with Gasteiger partial charge in [-0.25, -0.2) is 15.0 Å². The third kappa shape index (κ3) is 4.80. The number of allylic oxidation sites excluding steroid dienone is 1. The van der Waals surface area contributed by atoms with Crippen LogP contribution in [0.2, 0.25) is 0 Å². The summed E-state index contributed by atoms with van der Waals surface area (Å²) >= 11 is 0. The molecule has 0 bridgehead atoms. The summed E-state index contributed by atoms with van der Waals surface area (Å²) in [6, 6.07) is 51.1. The first-order valence-corrected chi connectivity index (χ1v) is 16.7. The van der Waals surface area contributed by atoms with Crippen molar-refractivity contribution in [1.29, 1.82) is 0 Å². The summed E-state index contributed by atoms with van der Waals surface area (Å²) in [5, 5.41) is 6.83. The van der Waals surface area contributed by atoms with Crippen LogP contribution < -0.4 is 0 Å². The third-order valence-electron chi connectivity index (χ3n) is 9.81. The molecule has 1 aliphatic rings. The highest BCUT2D eigenvalue weighted by Crippen LogP contribution is 2.39. The Morgan fingerprint density at radius 3 is 2.02 bits per heavy atom. The summed E-state index contributed by atoms with van der Waals surface area (Å²) in [4.78, 5) is 15.6. The largest absolute Gasteiger partial charge is 0.456 e. The van der Waals surface area contributed by atoms with Gasteiger partial charge in [0.1, 0.15) is 17.0 Å². The van der Waals surface area contributed by atoms with Crippen molar-refractivity contribution >= 4 is 49.6 Å². The number of furan rings is 1. The first-order valence-electron chi connectivity index (χ1n) is 16.7. The molecule has 0 N–H and O–H groups in total. The van der Waals surface area contributed by atoms with Crippen LogP contribution in [0, 0.1) is 0 Å². The molecule has 2 heterocycles. The van der Waals surface area contributed by atoms with E-state index in [0.717, 1.165) is 61.8 Å². The Balaban J connectivity index is 1.16. The quantitative estimate of drug-likeness (QED) is 0.195. The molecule has 230 valence electrons. The van der Waals surface area contributed by atoms with Gasteiger partial charge in [-0.1, -0.05) is 127 Å². The number of fused-ring (bicyclic) bond motifs is 6. The topological polar surface area (TPSA) is 51.8 Å². The van der Waals surface area contributed by atoms with Crippen molar-refractivity contribution in [3.05, 3.63) is 169 Å². The summed E-state index contributed by atoms with van der Waals surface area (Å²) in [5.74, 6) is 2.10. The first-order chi connectivity index (χ1) is 24.2. The highest BCUT2D eigenvalue weighted by Gasteiger charge is 2.23. The van der Waals surface area contributed by atoms with Crippen LogP contribution in [0.5, 0.6) is 0 Å². The van der Waals surface area contributed by atoms with E-state index >= 15 is 0 Å². The van der Waals surface area contributed by atoms with Crippen molar-refractivity contribution in [2.24, 2.45) is 0 Å². The van der Waals surface area contributed by atoms with Gasteiger partial charge < -0.3 is 4.42 Å². The molecule has 0 saturated carbocycles. The molecule has 0 aliphatic heterocycles. The van der Waals surface area contributed by atoms with Crippen molar-refractivity contribution in [2.45, 2.75) is 12.3 Å². The maximum absolute atomic E-state index is 6.44. The smallest absolute Gasteiger partial charge is 0.164 e. The van der Waals surface area contributed by atoms with E-state index in [1.807, 2.05) is 12.1 Å². The van der Waals surface area contributed by atoms with Crippen molar-refractivity contribution in [1.82, 2.24) is 15.0 Å². The normalized spacial score (nSPS) is 14.2. The van der Waals surface area contributed by atoms with Gasteiger partial charge in [0, 0.05) is 27.8 Å². The van der Waals surface area contributed by atoms with Crippen molar-refractivity contribution < 1.29 is 4.42 Å². The molecule has 0 fully saturated rings. The molecule has 0 spiro atoms. The zero-order valence-corrected chi connectivity index (χ0v) is 26.5. The van der Waals surface area contributed by atoms with E-state index in [0.29, 0.717) is 11.6 Å². The van der Waals surface area contributed by atoms with E-state index in [9.17, 15) is 0 Å². The lowest BCUT2D eigenvalue weighted by Gasteiger charge is -2.19. The van der Waals surface area contributed by atoms with E-state index in [4.69, 9.17) is 19.4 Å². The minimum atomic E-state index is 0.0238. The molecule has 10 rings (SSSR count). The van der Waals surface area contributed by atoms with Crippen LogP contribution in [-0.4, -0.2) is 15.0 Å². The number of aromatic nitrogens is 3. The molecule has 1 atom stereocenters. The zero-order valence-electron chi connectivity index (χ0n) is 26.5. The predicted octanol–water partition coefficient (Wildman–Crippen LogP) is 11.4. The maximum atomic E-state index is 6.44. The Hall–Kier alpha value is -6.39. The second-order valence-corrected chi connectivity index (χ2v) is 12.8. The van der Waals surface area contributed by atoms with Crippen LogP contribution >= 0.6 is 0 Å². The zero-order chi connectivity index (χ0) is 32.3. The van der Waals surface area contributed by atoms with Gasteiger partial charge >= 0.3 is 0 Å². The van der Waals surface area contributed by atoms with Gasteiger partial charge in [-0.3, -0.25) is 0 Å². The summed E-state index contributed by atoms with van der Waals surface area (Å²) in [5.41, 5.74) is 8.39. The lowest BCUT2D eigenvalue weighted by Crippen LogP contribution is -2.12. The Labute approximate surface area is 283 Å². The van der Waals surface area contributed by atoms with E-state index in [2.05, 4.69) is 146 Å². The van der Waals surface area contributed by atoms with Gasteiger partial charge in [0.15, 0.2) is 11.6 Å². The van der Waals surface area contributed by atoms with Gasteiger partial charge in [0.25, 0.3) is 0 Å². The lowest BCUT2D eigenvalue weighted by molar-refractivity contribution is 0.669. The number of hydrogen-bond acceptors (Lipinski definition) is 4. The van der Waals surface area contributed by atoms with Crippen LogP contribution in [0.15, 0.2) is 156 Å². The van der Waals surface area contributed by atoms with Gasteiger partial charge in [0.05, 0.1) is 0 Å². The number of nitrogens with zero attached hydrogens (tertiary/aromatic N) is 3. The number of hydrogen-bond donors (Lipinski definition) is 0. The molecule has 0 saturated heterocycles. The first kappa shape index (κ1) is 27.7. The van der Waals surface area contributed by atoms with Crippen LogP contribution in [0.1, 0.15) is 22.9 Å². The summed E-state index contributed by atoms with van der Waals surface area (Å²) in [7, 11) is 0. The van der Waals surface area contributed by atoms with E-state index in [1.165, 1.54) is 27.3 Å². The molecule has 9 aromatic rings. The van der Waals surface area contributed by atoms with Crippen molar-refractivity contribution in [2.75, 3.05) is 0 Å². The van der Waals surface area contributed by atoms with Crippen molar-refractivity contribution in [3.63, 3.8) is 0 Å². The summed E-state index contributed by atoms with van der Waals surface area (Å²) in [6.07, 6.45) is 5.26. The average molecular weight is 628 g/mol.